The summed E-state index contributed by atoms with van der Waals surface area (Å²) in [7, 11) is 0. The topological polar surface area (TPSA) is 69.9 Å². The van der Waals surface area contributed by atoms with Gasteiger partial charge in [-0.2, -0.15) is 0 Å². The van der Waals surface area contributed by atoms with Crippen molar-refractivity contribution in [1.82, 2.24) is 0 Å². The van der Waals surface area contributed by atoms with Gasteiger partial charge >= 0.3 is 0 Å². The van der Waals surface area contributed by atoms with Crippen LogP contribution in [0.4, 0.5) is 0 Å². The highest BCUT2D eigenvalue weighted by Crippen LogP contribution is 2.25. The molecular weight excluding hydrogens is 220 g/mol. The summed E-state index contributed by atoms with van der Waals surface area (Å²) in [5, 5.41) is 27.4. The second-order valence-corrected chi connectivity index (χ2v) is 4.08. The van der Waals surface area contributed by atoms with Crippen LogP contribution in [0.3, 0.4) is 0 Å². The molecule has 1 aromatic carbocycles. The SMILES string of the molecule is C[C@H](CCO)[C@H](O)c1ccc(OCCO)cc1. The lowest BCUT2D eigenvalue weighted by atomic mass is 9.95. The summed E-state index contributed by atoms with van der Waals surface area (Å²) in [6.45, 7) is 2.23. The van der Waals surface area contributed by atoms with Gasteiger partial charge < -0.3 is 20.1 Å². The fourth-order valence-electron chi connectivity index (χ4n) is 1.61. The molecule has 1 rings (SSSR count). The van der Waals surface area contributed by atoms with E-state index in [4.69, 9.17) is 14.9 Å². The first-order valence-electron chi connectivity index (χ1n) is 5.81. The molecule has 1 aromatic rings. The predicted octanol–water partition coefficient (Wildman–Crippen LogP) is 1.11. The van der Waals surface area contributed by atoms with Gasteiger partial charge in [0.1, 0.15) is 12.4 Å². The molecule has 0 heterocycles. The average molecular weight is 240 g/mol. The van der Waals surface area contributed by atoms with Gasteiger partial charge in [-0.15, -0.1) is 0 Å². The molecule has 0 fully saturated rings. The Morgan fingerprint density at radius 2 is 1.76 bits per heavy atom. The van der Waals surface area contributed by atoms with Crippen LogP contribution in [0.25, 0.3) is 0 Å². The summed E-state index contributed by atoms with van der Waals surface area (Å²) in [6, 6.07) is 7.12. The lowest BCUT2D eigenvalue weighted by Crippen LogP contribution is -2.10. The molecule has 0 radical (unpaired) electrons. The van der Waals surface area contributed by atoms with Gasteiger partial charge in [0.05, 0.1) is 12.7 Å². The first-order valence-corrected chi connectivity index (χ1v) is 5.81. The van der Waals surface area contributed by atoms with Crippen LogP contribution in [0.2, 0.25) is 0 Å². The third-order valence-corrected chi connectivity index (χ3v) is 2.71. The average Bonchev–Trinajstić information content (AvgIpc) is 2.36. The number of rotatable bonds is 7. The Morgan fingerprint density at radius 3 is 2.29 bits per heavy atom. The van der Waals surface area contributed by atoms with Gasteiger partial charge in [0.2, 0.25) is 0 Å². The minimum Gasteiger partial charge on any atom is -0.491 e. The normalized spacial score (nSPS) is 14.4. The van der Waals surface area contributed by atoms with Gasteiger partial charge in [-0.1, -0.05) is 19.1 Å². The van der Waals surface area contributed by atoms with Gasteiger partial charge in [-0.05, 0) is 30.0 Å². The second-order valence-electron chi connectivity index (χ2n) is 4.08. The van der Waals surface area contributed by atoms with Crippen molar-refractivity contribution in [2.24, 2.45) is 5.92 Å². The predicted molar refractivity (Wildman–Crippen MR) is 64.8 cm³/mol. The van der Waals surface area contributed by atoms with E-state index in [0.717, 1.165) is 5.56 Å². The molecule has 17 heavy (non-hydrogen) atoms. The minimum absolute atomic E-state index is 0.0160. The molecule has 0 spiro atoms. The highest BCUT2D eigenvalue weighted by Gasteiger charge is 2.15. The number of hydrogen-bond acceptors (Lipinski definition) is 4. The molecule has 2 atom stereocenters. The molecule has 0 unspecified atom stereocenters. The lowest BCUT2D eigenvalue weighted by molar-refractivity contribution is 0.0990. The Morgan fingerprint density at radius 1 is 1.12 bits per heavy atom. The Balaban J connectivity index is 2.60. The molecular formula is C13H20O4. The first kappa shape index (κ1) is 14.0. The summed E-state index contributed by atoms with van der Waals surface area (Å²) < 4.78 is 5.23. The third-order valence-electron chi connectivity index (χ3n) is 2.71. The van der Waals surface area contributed by atoms with Crippen LogP contribution in [0.5, 0.6) is 5.75 Å². The zero-order chi connectivity index (χ0) is 12.7. The standard InChI is InChI=1S/C13H20O4/c1-10(6-7-14)13(16)11-2-4-12(5-3-11)17-9-8-15/h2-5,10,13-16H,6-9H2,1H3/t10-,13+/m1/s1. The van der Waals surface area contributed by atoms with Gasteiger partial charge in [0.15, 0.2) is 0 Å². The molecule has 4 nitrogen and oxygen atoms in total. The highest BCUT2D eigenvalue weighted by molar-refractivity contribution is 5.28. The monoisotopic (exact) mass is 240 g/mol. The van der Waals surface area contributed by atoms with E-state index in [1.165, 1.54) is 0 Å². The van der Waals surface area contributed by atoms with Crippen molar-refractivity contribution in [3.63, 3.8) is 0 Å². The fraction of sp³-hybridized carbons (Fsp3) is 0.538. The summed E-state index contributed by atoms with van der Waals surface area (Å²) in [4.78, 5) is 0. The van der Waals surface area contributed by atoms with Crippen LogP contribution in [0.15, 0.2) is 24.3 Å². The first-order chi connectivity index (χ1) is 8.19. The Bertz CT molecular complexity index is 310. The molecule has 4 heteroatoms. The van der Waals surface area contributed by atoms with E-state index in [2.05, 4.69) is 0 Å². The van der Waals surface area contributed by atoms with Crippen molar-refractivity contribution >= 4 is 0 Å². The van der Waals surface area contributed by atoms with Crippen molar-refractivity contribution in [2.75, 3.05) is 19.8 Å². The maximum Gasteiger partial charge on any atom is 0.119 e. The maximum atomic E-state index is 10.00. The summed E-state index contributed by atoms with van der Waals surface area (Å²) in [6.07, 6.45) is -0.00162. The molecule has 96 valence electrons. The van der Waals surface area contributed by atoms with Crippen LogP contribution in [0.1, 0.15) is 25.0 Å². The fourth-order valence-corrected chi connectivity index (χ4v) is 1.61. The van der Waals surface area contributed by atoms with Gasteiger partial charge in [-0.25, -0.2) is 0 Å². The molecule has 3 N–H and O–H groups in total. The zero-order valence-corrected chi connectivity index (χ0v) is 10.0. The Kier molecular flexibility index (Phi) is 5.97. The van der Waals surface area contributed by atoms with E-state index in [0.29, 0.717) is 12.2 Å². The second kappa shape index (κ2) is 7.27. The van der Waals surface area contributed by atoms with Gasteiger partial charge in [0, 0.05) is 6.61 Å². The molecule has 0 amide bonds. The van der Waals surface area contributed by atoms with Crippen LogP contribution >= 0.6 is 0 Å². The molecule has 0 aliphatic rings. The summed E-state index contributed by atoms with van der Waals surface area (Å²) in [5.74, 6) is 0.689. The summed E-state index contributed by atoms with van der Waals surface area (Å²) >= 11 is 0. The van der Waals surface area contributed by atoms with Crippen molar-refractivity contribution in [3.8, 4) is 5.75 Å². The molecule has 0 aliphatic carbocycles. The zero-order valence-electron chi connectivity index (χ0n) is 10.0. The van der Waals surface area contributed by atoms with Crippen LogP contribution in [-0.2, 0) is 0 Å². The number of hydrogen-bond donors (Lipinski definition) is 3. The van der Waals surface area contributed by atoms with E-state index in [1.807, 2.05) is 6.92 Å². The maximum absolute atomic E-state index is 10.00. The molecule has 0 bridgehead atoms. The van der Waals surface area contributed by atoms with Crippen molar-refractivity contribution < 1.29 is 20.1 Å². The molecule has 0 aliphatic heterocycles. The number of benzene rings is 1. The lowest BCUT2D eigenvalue weighted by Gasteiger charge is -2.18. The van der Waals surface area contributed by atoms with Gasteiger partial charge in [0.25, 0.3) is 0 Å². The van der Waals surface area contributed by atoms with Crippen LogP contribution in [-0.4, -0.2) is 35.1 Å². The van der Waals surface area contributed by atoms with Crippen molar-refractivity contribution in [2.45, 2.75) is 19.4 Å². The molecule has 0 aromatic heterocycles. The van der Waals surface area contributed by atoms with Crippen LogP contribution < -0.4 is 4.74 Å². The number of ether oxygens (including phenoxy) is 1. The quantitative estimate of drug-likeness (QED) is 0.667. The minimum atomic E-state index is -0.575. The number of aliphatic hydroxyl groups excluding tert-OH is 3. The van der Waals surface area contributed by atoms with Gasteiger partial charge in [-0.3, -0.25) is 0 Å². The van der Waals surface area contributed by atoms with E-state index >= 15 is 0 Å². The Labute approximate surface area is 101 Å². The summed E-state index contributed by atoms with van der Waals surface area (Å²) in [5.41, 5.74) is 0.808. The third kappa shape index (κ3) is 4.34. The highest BCUT2D eigenvalue weighted by atomic mass is 16.5. The van der Waals surface area contributed by atoms with Crippen molar-refractivity contribution in [1.29, 1.82) is 0 Å². The van der Waals surface area contributed by atoms with E-state index < -0.39 is 6.10 Å². The number of aliphatic hydroxyl groups is 3. The largest absolute Gasteiger partial charge is 0.491 e. The van der Waals surface area contributed by atoms with Crippen LogP contribution in [0, 0.1) is 5.92 Å². The Hall–Kier alpha value is -1.10. The van der Waals surface area contributed by atoms with Crippen molar-refractivity contribution in [3.05, 3.63) is 29.8 Å². The van der Waals surface area contributed by atoms with E-state index in [-0.39, 0.29) is 25.7 Å². The smallest absolute Gasteiger partial charge is 0.119 e. The van der Waals surface area contributed by atoms with E-state index in [1.54, 1.807) is 24.3 Å². The van der Waals surface area contributed by atoms with E-state index in [9.17, 15) is 5.11 Å². The molecule has 0 saturated carbocycles. The molecule has 0 saturated heterocycles.